The monoisotopic (exact) mass is 529 g/mol. The third kappa shape index (κ3) is 24.9. The number of aliphatic hydroxyl groups excluding tert-OH is 1. The van der Waals surface area contributed by atoms with Gasteiger partial charge < -0.3 is 24.2 Å². The highest BCUT2D eigenvalue weighted by atomic mass is 16.5. The number of aliphatic hydroxyl groups is 1. The summed E-state index contributed by atoms with van der Waals surface area (Å²) < 4.78 is 16.8. The zero-order valence-corrected chi connectivity index (χ0v) is 24.6. The molecule has 0 aromatic heterocycles. The summed E-state index contributed by atoms with van der Waals surface area (Å²) in [5.74, 6) is 0.375. The van der Waals surface area contributed by atoms with Crippen molar-refractivity contribution in [2.75, 3.05) is 47.1 Å². The van der Waals surface area contributed by atoms with Crippen molar-refractivity contribution in [3.05, 3.63) is 0 Å². The van der Waals surface area contributed by atoms with Gasteiger partial charge in [-0.1, -0.05) is 65.2 Å². The largest absolute Gasteiger partial charge is 0.466 e. The van der Waals surface area contributed by atoms with Crippen molar-refractivity contribution in [2.24, 2.45) is 5.92 Å². The Morgan fingerprint density at radius 1 is 0.703 bits per heavy atom. The first-order valence-electron chi connectivity index (χ1n) is 15.1. The quantitative estimate of drug-likeness (QED) is 0.0987. The van der Waals surface area contributed by atoms with Crippen molar-refractivity contribution in [2.45, 2.75) is 129 Å². The highest BCUT2D eigenvalue weighted by Crippen LogP contribution is 2.21. The maximum atomic E-state index is 12.1. The second-order valence-corrected chi connectivity index (χ2v) is 10.6. The summed E-state index contributed by atoms with van der Waals surface area (Å²) in [5.41, 5.74) is 0. The number of esters is 2. The first-order chi connectivity index (χ1) is 17.9. The number of carbonyl (C=O) groups excluding carboxylic acids is 2. The van der Waals surface area contributed by atoms with Crippen LogP contribution in [0.25, 0.3) is 0 Å². The first-order valence-corrected chi connectivity index (χ1v) is 15.1. The van der Waals surface area contributed by atoms with Crippen LogP contribution in [0.1, 0.15) is 123 Å². The second kappa shape index (κ2) is 26.4. The van der Waals surface area contributed by atoms with Gasteiger partial charge in [-0.2, -0.15) is 0 Å². The lowest BCUT2D eigenvalue weighted by Gasteiger charge is -2.18. The molecule has 0 saturated carbocycles. The van der Waals surface area contributed by atoms with E-state index in [1.807, 2.05) is 19.0 Å². The Balaban J connectivity index is 3.96. The topological polar surface area (TPSA) is 85.3 Å². The van der Waals surface area contributed by atoms with Crippen LogP contribution in [0.4, 0.5) is 0 Å². The van der Waals surface area contributed by atoms with Crippen LogP contribution < -0.4 is 0 Å². The normalized spacial score (nSPS) is 12.3. The van der Waals surface area contributed by atoms with Gasteiger partial charge in [-0.3, -0.25) is 9.59 Å². The zero-order valence-electron chi connectivity index (χ0n) is 24.6. The van der Waals surface area contributed by atoms with E-state index in [2.05, 4.69) is 13.8 Å². The summed E-state index contributed by atoms with van der Waals surface area (Å²) >= 11 is 0. The second-order valence-electron chi connectivity index (χ2n) is 10.6. The van der Waals surface area contributed by atoms with E-state index in [1.165, 1.54) is 51.4 Å². The highest BCUT2D eigenvalue weighted by Gasteiger charge is 2.14. The molecule has 0 fully saturated rings. The summed E-state index contributed by atoms with van der Waals surface area (Å²) in [6.45, 7) is 7.05. The molecule has 7 nitrogen and oxygen atoms in total. The van der Waals surface area contributed by atoms with Crippen molar-refractivity contribution in [1.29, 1.82) is 0 Å². The first kappa shape index (κ1) is 35.8. The van der Waals surface area contributed by atoms with Gasteiger partial charge in [0.1, 0.15) is 6.10 Å². The van der Waals surface area contributed by atoms with Gasteiger partial charge in [0.25, 0.3) is 0 Å². The molecular formula is C30H59NO6. The van der Waals surface area contributed by atoms with Crippen molar-refractivity contribution in [1.82, 2.24) is 4.90 Å². The van der Waals surface area contributed by atoms with E-state index in [9.17, 15) is 9.59 Å². The van der Waals surface area contributed by atoms with Crippen LogP contribution in [0.5, 0.6) is 0 Å². The lowest BCUT2D eigenvalue weighted by molar-refractivity contribution is -0.150. The molecule has 0 amide bonds. The van der Waals surface area contributed by atoms with E-state index < -0.39 is 0 Å². The van der Waals surface area contributed by atoms with E-state index in [1.54, 1.807) is 0 Å². The Bertz CT molecular complexity index is 518. The highest BCUT2D eigenvalue weighted by molar-refractivity contribution is 5.69. The molecule has 0 heterocycles. The average Bonchev–Trinajstić information content (AvgIpc) is 2.86. The van der Waals surface area contributed by atoms with Crippen LogP contribution in [0.3, 0.4) is 0 Å². The third-order valence-corrected chi connectivity index (χ3v) is 6.67. The van der Waals surface area contributed by atoms with Crippen LogP contribution >= 0.6 is 0 Å². The fraction of sp³-hybridized carbons (Fsp3) is 0.933. The zero-order chi connectivity index (χ0) is 27.6. The lowest BCUT2D eigenvalue weighted by atomic mass is 9.92. The Morgan fingerprint density at radius 3 is 1.95 bits per heavy atom. The number of hydrogen-bond donors (Lipinski definition) is 1. The number of rotatable bonds is 27. The number of nitrogens with zero attached hydrogens (tertiary/aromatic N) is 1. The molecule has 220 valence electrons. The fourth-order valence-electron chi connectivity index (χ4n) is 4.41. The van der Waals surface area contributed by atoms with Crippen LogP contribution in [-0.2, 0) is 23.8 Å². The molecule has 0 aromatic rings. The van der Waals surface area contributed by atoms with Gasteiger partial charge in [0.05, 0.1) is 6.61 Å². The fourth-order valence-corrected chi connectivity index (χ4v) is 4.41. The molecule has 0 saturated heterocycles. The van der Waals surface area contributed by atoms with Crippen molar-refractivity contribution >= 4 is 11.9 Å². The lowest BCUT2D eigenvalue weighted by Crippen LogP contribution is -2.21. The molecule has 0 aliphatic carbocycles. The van der Waals surface area contributed by atoms with Crippen LogP contribution in [-0.4, -0.2) is 75.1 Å². The molecule has 1 unspecified atom stereocenters. The van der Waals surface area contributed by atoms with Crippen molar-refractivity contribution in [3.8, 4) is 0 Å². The number of unbranched alkanes of at least 4 members (excludes halogenated alkanes) is 4. The van der Waals surface area contributed by atoms with Gasteiger partial charge in [0, 0.05) is 32.7 Å². The van der Waals surface area contributed by atoms with Gasteiger partial charge in [-0.25, -0.2) is 0 Å². The molecule has 0 rings (SSSR count). The number of ether oxygens (including phenoxy) is 3. The molecule has 1 atom stereocenters. The molecule has 1 N–H and O–H groups in total. The predicted molar refractivity (Wildman–Crippen MR) is 151 cm³/mol. The predicted octanol–water partition coefficient (Wildman–Crippen LogP) is 6.30. The molecule has 37 heavy (non-hydrogen) atoms. The molecular weight excluding hydrogens is 470 g/mol. The Hall–Kier alpha value is -1.18. The minimum Gasteiger partial charge on any atom is -0.466 e. The number of hydrogen-bond acceptors (Lipinski definition) is 7. The minimum atomic E-state index is -0.176. The van der Waals surface area contributed by atoms with Crippen LogP contribution in [0.2, 0.25) is 0 Å². The van der Waals surface area contributed by atoms with Crippen molar-refractivity contribution in [3.63, 3.8) is 0 Å². The molecule has 0 radical (unpaired) electrons. The molecule has 0 spiro atoms. The summed E-state index contributed by atoms with van der Waals surface area (Å²) in [5, 5.41) is 9.13. The standard InChI is InChI=1S/C30H59NO6/c1-5-7-9-15-27(16-10-8-6-2)21-26-36-29(33)20-14-25-35-24-13-18-28(17-12-23-32)37-30(34)19-11-22-31(3)4/h27-28,32H,5-26H2,1-4H3. The molecule has 7 heteroatoms. The number of carbonyl (C=O) groups is 2. The van der Waals surface area contributed by atoms with E-state index in [0.29, 0.717) is 57.8 Å². The molecule has 0 aliphatic rings. The Morgan fingerprint density at radius 2 is 1.32 bits per heavy atom. The van der Waals surface area contributed by atoms with Crippen LogP contribution in [0.15, 0.2) is 0 Å². The van der Waals surface area contributed by atoms with Gasteiger partial charge in [-0.05, 0) is 71.5 Å². The Kier molecular flexibility index (Phi) is 25.6. The summed E-state index contributed by atoms with van der Waals surface area (Å²) in [4.78, 5) is 26.2. The van der Waals surface area contributed by atoms with Gasteiger partial charge in [-0.15, -0.1) is 0 Å². The van der Waals surface area contributed by atoms with E-state index in [4.69, 9.17) is 19.3 Å². The van der Waals surface area contributed by atoms with Gasteiger partial charge in [0.2, 0.25) is 0 Å². The molecule has 0 bridgehead atoms. The maximum Gasteiger partial charge on any atom is 0.306 e. The maximum absolute atomic E-state index is 12.1. The minimum absolute atomic E-state index is 0.0969. The van der Waals surface area contributed by atoms with E-state index >= 15 is 0 Å². The van der Waals surface area contributed by atoms with Gasteiger partial charge in [0.15, 0.2) is 0 Å². The average molecular weight is 530 g/mol. The van der Waals surface area contributed by atoms with E-state index in [0.717, 1.165) is 32.2 Å². The molecule has 0 aliphatic heterocycles. The van der Waals surface area contributed by atoms with Crippen molar-refractivity contribution < 1.29 is 28.9 Å². The van der Waals surface area contributed by atoms with Crippen LogP contribution in [0, 0.1) is 5.92 Å². The third-order valence-electron chi connectivity index (χ3n) is 6.67. The smallest absolute Gasteiger partial charge is 0.306 e. The summed E-state index contributed by atoms with van der Waals surface area (Å²) in [7, 11) is 3.97. The van der Waals surface area contributed by atoms with E-state index in [-0.39, 0.29) is 24.6 Å². The Labute approximate surface area is 228 Å². The summed E-state index contributed by atoms with van der Waals surface area (Å²) in [6, 6.07) is 0. The molecule has 0 aromatic carbocycles. The SMILES string of the molecule is CCCCCC(CCCCC)CCOC(=O)CCCOCCCC(CCCO)OC(=O)CCCN(C)C. The van der Waals surface area contributed by atoms with Gasteiger partial charge >= 0.3 is 11.9 Å². The summed E-state index contributed by atoms with van der Waals surface area (Å²) in [6.07, 6.45) is 16.0.